The second-order valence-electron chi connectivity index (χ2n) is 7.43. The van der Waals surface area contributed by atoms with Crippen LogP contribution in [-0.2, 0) is 9.59 Å². The first-order valence-electron chi connectivity index (χ1n) is 9.68. The summed E-state index contributed by atoms with van der Waals surface area (Å²) in [5.41, 5.74) is 2.01. The molecule has 1 unspecified atom stereocenters. The zero-order valence-electron chi connectivity index (χ0n) is 16.0. The van der Waals surface area contributed by atoms with E-state index in [9.17, 15) is 9.59 Å². The second kappa shape index (κ2) is 7.96. The van der Waals surface area contributed by atoms with Crippen molar-refractivity contribution in [2.24, 2.45) is 5.92 Å². The summed E-state index contributed by atoms with van der Waals surface area (Å²) >= 11 is 0. The van der Waals surface area contributed by atoms with Crippen LogP contribution in [0.15, 0.2) is 42.9 Å². The molecule has 1 aromatic heterocycles. The Morgan fingerprint density at radius 1 is 1.14 bits per heavy atom. The first kappa shape index (κ1) is 18.4. The average molecular weight is 380 g/mol. The lowest BCUT2D eigenvalue weighted by Crippen LogP contribution is -2.45. The van der Waals surface area contributed by atoms with E-state index in [0.29, 0.717) is 25.5 Å². The fourth-order valence-electron chi connectivity index (χ4n) is 3.82. The van der Waals surface area contributed by atoms with Crippen molar-refractivity contribution in [3.05, 3.63) is 48.4 Å². The number of piperidine rings is 1. The lowest BCUT2D eigenvalue weighted by Gasteiger charge is -2.33. The monoisotopic (exact) mass is 380 g/mol. The third-order valence-electron chi connectivity index (χ3n) is 5.40. The van der Waals surface area contributed by atoms with Gasteiger partial charge < -0.3 is 14.5 Å². The van der Waals surface area contributed by atoms with Crippen molar-refractivity contribution in [2.75, 3.05) is 24.5 Å². The Bertz CT molecular complexity index is 832. The number of nitrogens with zero attached hydrogens (tertiary/aromatic N) is 4. The predicted octanol–water partition coefficient (Wildman–Crippen LogP) is 2.21. The molecule has 4 rings (SSSR count). The van der Waals surface area contributed by atoms with Gasteiger partial charge in [0.2, 0.25) is 17.7 Å². The van der Waals surface area contributed by atoms with Crippen molar-refractivity contribution in [3.63, 3.8) is 0 Å². The molecule has 2 aliphatic rings. The summed E-state index contributed by atoms with van der Waals surface area (Å²) in [6.07, 6.45) is 6.64. The van der Waals surface area contributed by atoms with Crippen LogP contribution in [0.25, 0.3) is 0 Å². The summed E-state index contributed by atoms with van der Waals surface area (Å²) in [6, 6.07) is 7.85. The van der Waals surface area contributed by atoms with E-state index in [0.717, 1.165) is 24.1 Å². The Hall–Kier alpha value is -2.96. The lowest BCUT2D eigenvalue weighted by atomic mass is 10.0. The van der Waals surface area contributed by atoms with Crippen LogP contribution in [0.5, 0.6) is 5.88 Å². The van der Waals surface area contributed by atoms with Gasteiger partial charge in [-0.05, 0) is 19.1 Å². The topological polar surface area (TPSA) is 75.6 Å². The van der Waals surface area contributed by atoms with E-state index in [1.54, 1.807) is 23.5 Å². The highest BCUT2D eigenvalue weighted by Gasteiger charge is 2.38. The maximum atomic E-state index is 12.9. The molecule has 3 heterocycles. The van der Waals surface area contributed by atoms with Crippen LogP contribution in [0.2, 0.25) is 0 Å². The van der Waals surface area contributed by atoms with Crippen molar-refractivity contribution >= 4 is 17.5 Å². The molecule has 0 spiro atoms. The Kier molecular flexibility index (Phi) is 5.23. The molecule has 146 valence electrons. The number of likely N-dealkylation sites (tertiary alicyclic amines) is 1. The number of rotatable bonds is 4. The highest BCUT2D eigenvalue weighted by atomic mass is 16.5. The quantitative estimate of drug-likeness (QED) is 0.813. The number of aromatic nitrogens is 2. The molecule has 1 atom stereocenters. The molecule has 0 bridgehead atoms. The van der Waals surface area contributed by atoms with Gasteiger partial charge in [-0.25, -0.2) is 4.98 Å². The van der Waals surface area contributed by atoms with Crippen LogP contribution in [-0.4, -0.2) is 52.4 Å². The molecule has 7 nitrogen and oxygen atoms in total. The van der Waals surface area contributed by atoms with E-state index in [4.69, 9.17) is 4.74 Å². The van der Waals surface area contributed by atoms with E-state index in [-0.39, 0.29) is 30.3 Å². The zero-order valence-corrected chi connectivity index (χ0v) is 16.0. The van der Waals surface area contributed by atoms with E-state index in [1.165, 1.54) is 0 Å². The number of carbonyl (C=O) groups excluding carboxylic acids is 2. The number of carbonyl (C=O) groups is 2. The highest BCUT2D eigenvalue weighted by Crippen LogP contribution is 2.28. The third-order valence-corrected chi connectivity index (χ3v) is 5.40. The number of anilines is 1. The van der Waals surface area contributed by atoms with Crippen LogP contribution in [0.4, 0.5) is 5.69 Å². The molecule has 7 heteroatoms. The van der Waals surface area contributed by atoms with E-state index >= 15 is 0 Å². The van der Waals surface area contributed by atoms with Crippen molar-refractivity contribution in [1.29, 1.82) is 0 Å². The Labute approximate surface area is 164 Å². The molecule has 1 aromatic carbocycles. The summed E-state index contributed by atoms with van der Waals surface area (Å²) in [6.45, 7) is 3.74. The number of ether oxygens (including phenoxy) is 1. The zero-order chi connectivity index (χ0) is 19.5. The van der Waals surface area contributed by atoms with Crippen LogP contribution in [0.1, 0.15) is 24.8 Å². The van der Waals surface area contributed by atoms with Crippen molar-refractivity contribution in [2.45, 2.75) is 32.3 Å². The van der Waals surface area contributed by atoms with Crippen LogP contribution in [0.3, 0.4) is 0 Å². The second-order valence-corrected chi connectivity index (χ2v) is 7.43. The summed E-state index contributed by atoms with van der Waals surface area (Å²) in [5, 5.41) is 0. The summed E-state index contributed by atoms with van der Waals surface area (Å²) in [7, 11) is 0. The third kappa shape index (κ3) is 3.98. The van der Waals surface area contributed by atoms with E-state index in [2.05, 4.69) is 9.97 Å². The molecule has 2 aliphatic heterocycles. The molecule has 2 saturated heterocycles. The fraction of sp³-hybridized carbons (Fsp3) is 0.429. The van der Waals surface area contributed by atoms with Gasteiger partial charge in [0.1, 0.15) is 6.10 Å². The predicted molar refractivity (Wildman–Crippen MR) is 104 cm³/mol. The molecule has 28 heavy (non-hydrogen) atoms. The molecular formula is C21H24N4O3. The summed E-state index contributed by atoms with van der Waals surface area (Å²) in [5.74, 6) is 0.331. The summed E-state index contributed by atoms with van der Waals surface area (Å²) in [4.78, 5) is 37.1. The normalized spacial score (nSPS) is 20.5. The van der Waals surface area contributed by atoms with Crippen LogP contribution >= 0.6 is 0 Å². The van der Waals surface area contributed by atoms with Gasteiger partial charge in [-0.15, -0.1) is 0 Å². The molecule has 2 aromatic rings. The smallest absolute Gasteiger partial charge is 0.232 e. The number of benzene rings is 1. The molecule has 0 radical (unpaired) electrons. The summed E-state index contributed by atoms with van der Waals surface area (Å²) < 4.78 is 5.84. The van der Waals surface area contributed by atoms with Gasteiger partial charge in [0.05, 0.1) is 12.1 Å². The van der Waals surface area contributed by atoms with Crippen LogP contribution in [0, 0.1) is 12.8 Å². The molecule has 2 fully saturated rings. The van der Waals surface area contributed by atoms with Gasteiger partial charge in [-0.3, -0.25) is 14.6 Å². The van der Waals surface area contributed by atoms with E-state index < -0.39 is 0 Å². The van der Waals surface area contributed by atoms with Gasteiger partial charge in [0, 0.05) is 57.0 Å². The largest absolute Gasteiger partial charge is 0.473 e. The molecular weight excluding hydrogens is 356 g/mol. The molecule has 0 N–H and O–H groups in total. The average Bonchev–Trinajstić information content (AvgIpc) is 3.11. The van der Waals surface area contributed by atoms with Gasteiger partial charge in [0.25, 0.3) is 0 Å². The minimum absolute atomic E-state index is 0.0167. The highest BCUT2D eigenvalue weighted by molar-refractivity contribution is 6.00. The first-order chi connectivity index (χ1) is 13.6. The van der Waals surface area contributed by atoms with Crippen LogP contribution < -0.4 is 9.64 Å². The Morgan fingerprint density at radius 3 is 2.57 bits per heavy atom. The maximum absolute atomic E-state index is 12.9. The number of hydrogen-bond acceptors (Lipinski definition) is 5. The number of hydrogen-bond donors (Lipinski definition) is 0. The molecule has 0 aliphatic carbocycles. The van der Waals surface area contributed by atoms with Gasteiger partial charge >= 0.3 is 0 Å². The minimum atomic E-state index is -0.272. The number of amides is 2. The lowest BCUT2D eigenvalue weighted by molar-refractivity contribution is -0.137. The van der Waals surface area contributed by atoms with Gasteiger partial charge in [-0.1, -0.05) is 17.7 Å². The molecule has 2 amide bonds. The number of aryl methyl sites for hydroxylation is 1. The fourth-order valence-corrected chi connectivity index (χ4v) is 3.82. The first-order valence-corrected chi connectivity index (χ1v) is 9.68. The molecule has 0 saturated carbocycles. The maximum Gasteiger partial charge on any atom is 0.232 e. The van der Waals surface area contributed by atoms with Crippen molar-refractivity contribution < 1.29 is 14.3 Å². The minimum Gasteiger partial charge on any atom is -0.473 e. The SMILES string of the molecule is Cc1ccc(N2CC(C(=O)N3CCC(Oc4cnccn4)CC3)CC2=O)cc1. The van der Waals surface area contributed by atoms with Gasteiger partial charge in [-0.2, -0.15) is 0 Å². The van der Waals surface area contributed by atoms with E-state index in [1.807, 2.05) is 36.1 Å². The van der Waals surface area contributed by atoms with Gasteiger partial charge in [0.15, 0.2) is 0 Å². The Morgan fingerprint density at radius 2 is 1.89 bits per heavy atom. The van der Waals surface area contributed by atoms with Crippen molar-refractivity contribution in [1.82, 2.24) is 14.9 Å². The Balaban J connectivity index is 1.32. The standard InChI is InChI=1S/C21H24N4O3/c1-15-2-4-17(5-3-15)25-14-16(12-20(25)26)21(27)24-10-6-18(7-11-24)28-19-13-22-8-9-23-19/h2-5,8-9,13,16,18H,6-7,10-12,14H2,1H3. The van der Waals surface area contributed by atoms with Crippen molar-refractivity contribution in [3.8, 4) is 5.88 Å².